The molecule has 1 atom stereocenters. The molecule has 1 spiro atoms. The Labute approximate surface area is 146 Å². The third-order valence-electron chi connectivity index (χ3n) is 4.61. The number of rotatable bonds is 3. The molecule has 2 aromatic rings. The fourth-order valence-corrected chi connectivity index (χ4v) is 3.38. The van der Waals surface area contributed by atoms with Crippen molar-refractivity contribution in [3.05, 3.63) is 48.7 Å². The van der Waals surface area contributed by atoms with Gasteiger partial charge in [0.25, 0.3) is 5.91 Å². The SMILES string of the molecule is O=C1CO[C@@]2(COCCN(Cc3ccccn3)C2)CN1c1ccoc1. The summed E-state index contributed by atoms with van der Waals surface area (Å²) in [6.45, 7) is 3.82. The van der Waals surface area contributed by atoms with E-state index in [1.165, 1.54) is 0 Å². The van der Waals surface area contributed by atoms with Gasteiger partial charge in [0.2, 0.25) is 0 Å². The molecule has 0 aliphatic carbocycles. The zero-order chi connectivity index (χ0) is 17.1. The highest BCUT2D eigenvalue weighted by Gasteiger charge is 2.43. The lowest BCUT2D eigenvalue weighted by Gasteiger charge is -2.42. The Bertz CT molecular complexity index is 706. The molecule has 2 fully saturated rings. The molecule has 2 aliphatic rings. The highest BCUT2D eigenvalue weighted by atomic mass is 16.6. The van der Waals surface area contributed by atoms with E-state index in [1.807, 2.05) is 18.2 Å². The van der Waals surface area contributed by atoms with E-state index < -0.39 is 5.60 Å². The number of morpholine rings is 1. The third kappa shape index (κ3) is 3.58. The summed E-state index contributed by atoms with van der Waals surface area (Å²) < 4.78 is 16.9. The van der Waals surface area contributed by atoms with E-state index in [-0.39, 0.29) is 12.5 Å². The smallest absolute Gasteiger partial charge is 0.253 e. The predicted octanol–water partition coefficient (Wildman–Crippen LogP) is 1.31. The van der Waals surface area contributed by atoms with Gasteiger partial charge in [0, 0.05) is 31.9 Å². The zero-order valence-corrected chi connectivity index (χ0v) is 14.0. The maximum atomic E-state index is 12.3. The van der Waals surface area contributed by atoms with Crippen LogP contribution in [0.15, 0.2) is 47.4 Å². The Morgan fingerprint density at radius 2 is 2.20 bits per heavy atom. The van der Waals surface area contributed by atoms with E-state index in [0.717, 1.165) is 24.5 Å². The first-order valence-electron chi connectivity index (χ1n) is 8.41. The van der Waals surface area contributed by atoms with Gasteiger partial charge in [-0.05, 0) is 12.1 Å². The second-order valence-corrected chi connectivity index (χ2v) is 6.52. The molecule has 4 rings (SSSR count). The summed E-state index contributed by atoms with van der Waals surface area (Å²) in [6, 6.07) is 7.71. The summed E-state index contributed by atoms with van der Waals surface area (Å²) in [5, 5.41) is 0. The van der Waals surface area contributed by atoms with Gasteiger partial charge in [0.15, 0.2) is 0 Å². The van der Waals surface area contributed by atoms with E-state index >= 15 is 0 Å². The summed E-state index contributed by atoms with van der Waals surface area (Å²) in [5.41, 5.74) is 1.22. The van der Waals surface area contributed by atoms with Crippen LogP contribution >= 0.6 is 0 Å². The van der Waals surface area contributed by atoms with Gasteiger partial charge in [0.05, 0.1) is 37.4 Å². The quantitative estimate of drug-likeness (QED) is 0.837. The van der Waals surface area contributed by atoms with Crippen molar-refractivity contribution in [1.29, 1.82) is 0 Å². The van der Waals surface area contributed by atoms with Gasteiger partial charge in [-0.3, -0.25) is 14.7 Å². The van der Waals surface area contributed by atoms with Crippen molar-refractivity contribution in [3.63, 3.8) is 0 Å². The molecule has 1 amide bonds. The maximum absolute atomic E-state index is 12.3. The highest BCUT2D eigenvalue weighted by Crippen LogP contribution is 2.27. The number of pyridine rings is 1. The van der Waals surface area contributed by atoms with E-state index in [1.54, 1.807) is 29.7 Å². The Kier molecular flexibility index (Phi) is 4.52. The average molecular weight is 343 g/mol. The molecule has 2 aromatic heterocycles. The molecule has 0 N–H and O–H groups in total. The number of carbonyl (C=O) groups is 1. The fourth-order valence-electron chi connectivity index (χ4n) is 3.38. The Hall–Kier alpha value is -2.22. The molecule has 132 valence electrons. The van der Waals surface area contributed by atoms with E-state index in [9.17, 15) is 4.79 Å². The number of ether oxygens (including phenoxy) is 2. The first kappa shape index (κ1) is 16.3. The van der Waals surface area contributed by atoms with Crippen molar-refractivity contribution in [2.75, 3.05) is 44.4 Å². The number of hydrogen-bond donors (Lipinski definition) is 0. The standard InChI is InChI=1S/C18H21N3O4/c22-17-11-25-18(13-21(17)16-4-7-23-10-16)12-20(6-8-24-14-18)9-15-3-1-2-5-19-15/h1-5,7,10H,6,8-9,11-14H2/t18-/m1/s1. The second-order valence-electron chi connectivity index (χ2n) is 6.52. The van der Waals surface area contributed by atoms with Crippen LogP contribution in [-0.2, 0) is 20.8 Å². The molecule has 0 aromatic carbocycles. The average Bonchev–Trinajstić information content (AvgIpc) is 3.09. The minimum Gasteiger partial charge on any atom is -0.470 e. The summed E-state index contributed by atoms with van der Waals surface area (Å²) >= 11 is 0. The first-order valence-corrected chi connectivity index (χ1v) is 8.41. The minimum atomic E-state index is -0.545. The van der Waals surface area contributed by atoms with Gasteiger partial charge in [-0.2, -0.15) is 0 Å². The third-order valence-corrected chi connectivity index (χ3v) is 4.61. The number of furan rings is 1. The van der Waals surface area contributed by atoms with E-state index in [4.69, 9.17) is 13.9 Å². The number of anilines is 1. The molecule has 4 heterocycles. The number of amides is 1. The molecule has 0 bridgehead atoms. The summed E-state index contributed by atoms with van der Waals surface area (Å²) in [6.07, 6.45) is 4.96. The van der Waals surface area contributed by atoms with Crippen LogP contribution in [0.2, 0.25) is 0 Å². The van der Waals surface area contributed by atoms with Crippen molar-refractivity contribution in [1.82, 2.24) is 9.88 Å². The molecule has 2 saturated heterocycles. The molecule has 0 radical (unpaired) electrons. The van der Waals surface area contributed by atoms with Crippen molar-refractivity contribution >= 4 is 11.6 Å². The lowest BCUT2D eigenvalue weighted by Crippen LogP contribution is -2.60. The van der Waals surface area contributed by atoms with Crippen LogP contribution < -0.4 is 4.90 Å². The van der Waals surface area contributed by atoms with E-state index in [0.29, 0.717) is 26.3 Å². The minimum absolute atomic E-state index is 0.0476. The van der Waals surface area contributed by atoms with Crippen LogP contribution in [0.5, 0.6) is 0 Å². The van der Waals surface area contributed by atoms with Crippen LogP contribution in [-0.4, -0.2) is 60.8 Å². The molecule has 0 saturated carbocycles. The van der Waals surface area contributed by atoms with Crippen molar-refractivity contribution in [3.8, 4) is 0 Å². The van der Waals surface area contributed by atoms with Gasteiger partial charge in [-0.25, -0.2) is 0 Å². The largest absolute Gasteiger partial charge is 0.470 e. The van der Waals surface area contributed by atoms with Crippen molar-refractivity contribution in [2.45, 2.75) is 12.1 Å². The lowest BCUT2D eigenvalue weighted by atomic mass is 10.0. The van der Waals surface area contributed by atoms with Crippen LogP contribution in [0, 0.1) is 0 Å². The van der Waals surface area contributed by atoms with Gasteiger partial charge in [-0.1, -0.05) is 6.07 Å². The van der Waals surface area contributed by atoms with Crippen LogP contribution in [0.25, 0.3) is 0 Å². The predicted molar refractivity (Wildman–Crippen MR) is 90.1 cm³/mol. The fraction of sp³-hybridized carbons (Fsp3) is 0.444. The molecule has 7 nitrogen and oxygen atoms in total. The molecular weight excluding hydrogens is 322 g/mol. The lowest BCUT2D eigenvalue weighted by molar-refractivity contribution is -0.146. The first-order chi connectivity index (χ1) is 12.2. The Morgan fingerprint density at radius 3 is 3.00 bits per heavy atom. The van der Waals surface area contributed by atoms with Gasteiger partial charge in [-0.15, -0.1) is 0 Å². The number of aromatic nitrogens is 1. The molecular formula is C18H21N3O4. The van der Waals surface area contributed by atoms with Crippen LogP contribution in [0.1, 0.15) is 5.69 Å². The normalized spacial score (nSPS) is 25.3. The van der Waals surface area contributed by atoms with Crippen molar-refractivity contribution < 1.29 is 18.7 Å². The van der Waals surface area contributed by atoms with Gasteiger partial charge >= 0.3 is 0 Å². The number of nitrogens with zero attached hydrogens (tertiary/aromatic N) is 3. The molecule has 25 heavy (non-hydrogen) atoms. The zero-order valence-electron chi connectivity index (χ0n) is 14.0. The topological polar surface area (TPSA) is 68.0 Å². The van der Waals surface area contributed by atoms with Crippen LogP contribution in [0.3, 0.4) is 0 Å². The number of hydrogen-bond acceptors (Lipinski definition) is 6. The van der Waals surface area contributed by atoms with Gasteiger partial charge < -0.3 is 18.8 Å². The molecule has 0 unspecified atom stereocenters. The maximum Gasteiger partial charge on any atom is 0.253 e. The molecule has 7 heteroatoms. The summed E-state index contributed by atoms with van der Waals surface area (Å²) in [7, 11) is 0. The number of carbonyl (C=O) groups excluding carboxylic acids is 1. The monoisotopic (exact) mass is 343 g/mol. The summed E-state index contributed by atoms with van der Waals surface area (Å²) in [4.78, 5) is 20.7. The van der Waals surface area contributed by atoms with Gasteiger partial charge in [0.1, 0.15) is 18.5 Å². The van der Waals surface area contributed by atoms with E-state index in [2.05, 4.69) is 9.88 Å². The Morgan fingerprint density at radius 1 is 1.24 bits per heavy atom. The second kappa shape index (κ2) is 6.95. The highest BCUT2D eigenvalue weighted by molar-refractivity contribution is 5.95. The Balaban J connectivity index is 1.52. The summed E-state index contributed by atoms with van der Waals surface area (Å²) in [5.74, 6) is -0.0625. The molecule has 2 aliphatic heterocycles. The van der Waals surface area contributed by atoms with Crippen molar-refractivity contribution in [2.24, 2.45) is 0 Å². The van der Waals surface area contributed by atoms with Crippen LogP contribution in [0.4, 0.5) is 5.69 Å².